The maximum absolute atomic E-state index is 12.1. The molecule has 24 heavy (non-hydrogen) atoms. The quantitative estimate of drug-likeness (QED) is 0.806. The van der Waals surface area contributed by atoms with Gasteiger partial charge in [-0.25, -0.2) is 0 Å². The van der Waals surface area contributed by atoms with E-state index in [4.69, 9.17) is 16.3 Å². The molecule has 2 N–H and O–H groups in total. The molecule has 0 atom stereocenters. The van der Waals surface area contributed by atoms with Gasteiger partial charge in [-0.1, -0.05) is 41.9 Å². The molecule has 0 aliphatic heterocycles. The predicted octanol–water partition coefficient (Wildman–Crippen LogP) is 3.61. The van der Waals surface area contributed by atoms with Gasteiger partial charge in [-0.2, -0.15) is 0 Å². The molecule has 1 saturated carbocycles. The number of carbonyl (C=O) groups is 1. The second-order valence-electron chi connectivity index (χ2n) is 6.13. The number of anilines is 1. The van der Waals surface area contributed by atoms with Crippen molar-refractivity contribution in [3.05, 3.63) is 59.1 Å². The Bertz CT molecular complexity index is 715. The number of hydrogen-bond acceptors (Lipinski definition) is 3. The summed E-state index contributed by atoms with van der Waals surface area (Å²) in [5.41, 5.74) is 2.22. The highest BCUT2D eigenvalue weighted by atomic mass is 35.5. The average Bonchev–Trinajstić information content (AvgIpc) is 3.40. The third kappa shape index (κ3) is 3.82. The van der Waals surface area contributed by atoms with Crippen LogP contribution in [0.1, 0.15) is 18.4 Å². The number of nitrogens with one attached hydrogen (secondary N) is 2. The molecule has 5 heteroatoms. The van der Waals surface area contributed by atoms with Crippen molar-refractivity contribution in [3.63, 3.8) is 0 Å². The van der Waals surface area contributed by atoms with Crippen molar-refractivity contribution in [2.45, 2.75) is 18.3 Å². The van der Waals surface area contributed by atoms with Crippen molar-refractivity contribution in [1.29, 1.82) is 0 Å². The Labute approximate surface area is 147 Å². The molecule has 2 aromatic rings. The first-order chi connectivity index (χ1) is 11.6. The molecule has 126 valence electrons. The van der Waals surface area contributed by atoms with E-state index < -0.39 is 0 Å². The van der Waals surface area contributed by atoms with Crippen LogP contribution in [0.3, 0.4) is 0 Å². The van der Waals surface area contributed by atoms with E-state index in [1.807, 2.05) is 24.3 Å². The Balaban J connectivity index is 1.49. The highest BCUT2D eigenvalue weighted by Gasteiger charge is 2.44. The Morgan fingerprint density at radius 1 is 1.21 bits per heavy atom. The fraction of sp³-hybridized carbons (Fsp3) is 0.316. The number of carbonyl (C=O) groups excluding carboxylic acids is 1. The molecule has 0 bridgehead atoms. The van der Waals surface area contributed by atoms with Crippen molar-refractivity contribution >= 4 is 23.2 Å². The van der Waals surface area contributed by atoms with Crippen LogP contribution >= 0.6 is 11.6 Å². The van der Waals surface area contributed by atoms with Gasteiger partial charge < -0.3 is 15.4 Å². The van der Waals surface area contributed by atoms with Gasteiger partial charge in [0.2, 0.25) is 5.91 Å². The van der Waals surface area contributed by atoms with Gasteiger partial charge in [0.15, 0.2) is 0 Å². The van der Waals surface area contributed by atoms with Gasteiger partial charge in [0.1, 0.15) is 5.75 Å². The summed E-state index contributed by atoms with van der Waals surface area (Å²) >= 11 is 6.08. The lowest BCUT2D eigenvalue weighted by Gasteiger charge is -2.17. The largest absolute Gasteiger partial charge is 0.495 e. The fourth-order valence-electron chi connectivity index (χ4n) is 2.80. The van der Waals surface area contributed by atoms with E-state index in [-0.39, 0.29) is 17.9 Å². The molecule has 1 aliphatic rings. The van der Waals surface area contributed by atoms with E-state index in [2.05, 4.69) is 22.8 Å². The van der Waals surface area contributed by atoms with Gasteiger partial charge in [-0.05, 0) is 36.6 Å². The summed E-state index contributed by atoms with van der Waals surface area (Å²) in [6.45, 7) is 0.897. The molecule has 0 saturated heterocycles. The van der Waals surface area contributed by atoms with E-state index in [0.717, 1.165) is 18.5 Å². The average molecular weight is 345 g/mol. The van der Waals surface area contributed by atoms with Gasteiger partial charge in [0.05, 0.1) is 18.7 Å². The van der Waals surface area contributed by atoms with Crippen LogP contribution in [-0.4, -0.2) is 26.1 Å². The minimum Gasteiger partial charge on any atom is -0.495 e. The summed E-state index contributed by atoms with van der Waals surface area (Å²) in [7, 11) is 1.57. The van der Waals surface area contributed by atoms with Crippen LogP contribution in [0.25, 0.3) is 0 Å². The lowest BCUT2D eigenvalue weighted by atomic mass is 9.96. The SMILES string of the molecule is COc1ccc(NCC(=O)NCC2(c3ccccc3)CC2)cc1Cl. The number of methoxy groups -OCH3 is 1. The van der Waals surface area contributed by atoms with Crippen molar-refractivity contribution < 1.29 is 9.53 Å². The Morgan fingerprint density at radius 2 is 1.96 bits per heavy atom. The molecular weight excluding hydrogens is 324 g/mol. The number of halogens is 1. The summed E-state index contributed by atoms with van der Waals surface area (Å²) in [6.07, 6.45) is 2.25. The number of hydrogen-bond donors (Lipinski definition) is 2. The molecule has 1 aliphatic carbocycles. The van der Waals surface area contributed by atoms with E-state index in [1.54, 1.807) is 19.2 Å². The normalized spacial score (nSPS) is 14.8. The Kier molecular flexibility index (Phi) is 4.95. The molecular formula is C19H21ClN2O2. The maximum Gasteiger partial charge on any atom is 0.239 e. The lowest BCUT2D eigenvalue weighted by Crippen LogP contribution is -2.35. The number of rotatable bonds is 7. The minimum atomic E-state index is -0.0239. The zero-order valence-corrected chi connectivity index (χ0v) is 14.4. The molecule has 0 heterocycles. The summed E-state index contributed by atoms with van der Waals surface area (Å²) in [5, 5.41) is 6.63. The number of ether oxygens (including phenoxy) is 1. The standard InChI is InChI=1S/C19H21ClN2O2/c1-24-17-8-7-15(11-16(17)20)21-12-18(23)22-13-19(9-10-19)14-5-3-2-4-6-14/h2-8,11,21H,9-10,12-13H2,1H3,(H,22,23). The molecule has 4 nitrogen and oxygen atoms in total. The molecule has 0 spiro atoms. The maximum atomic E-state index is 12.1. The summed E-state index contributed by atoms with van der Waals surface area (Å²) in [5.74, 6) is 0.592. The summed E-state index contributed by atoms with van der Waals surface area (Å²) in [4.78, 5) is 12.1. The van der Waals surface area contributed by atoms with Crippen molar-refractivity contribution in [2.75, 3.05) is 25.5 Å². The van der Waals surface area contributed by atoms with E-state index in [1.165, 1.54) is 5.56 Å². The van der Waals surface area contributed by atoms with Crippen molar-refractivity contribution in [3.8, 4) is 5.75 Å². The van der Waals surface area contributed by atoms with Crippen LogP contribution in [-0.2, 0) is 10.2 Å². The monoisotopic (exact) mass is 344 g/mol. The zero-order valence-electron chi connectivity index (χ0n) is 13.6. The van der Waals surface area contributed by atoms with Crippen LogP contribution < -0.4 is 15.4 Å². The first-order valence-corrected chi connectivity index (χ1v) is 8.40. The summed E-state index contributed by atoms with van der Waals surface area (Å²) in [6, 6.07) is 15.7. The first-order valence-electron chi connectivity index (χ1n) is 8.03. The molecule has 3 rings (SSSR count). The van der Waals surface area contributed by atoms with Crippen LogP contribution in [0.5, 0.6) is 5.75 Å². The molecule has 0 radical (unpaired) electrons. The highest BCUT2D eigenvalue weighted by Crippen LogP contribution is 2.47. The lowest BCUT2D eigenvalue weighted by molar-refractivity contribution is -0.119. The van der Waals surface area contributed by atoms with E-state index >= 15 is 0 Å². The topological polar surface area (TPSA) is 50.4 Å². The van der Waals surface area contributed by atoms with Gasteiger partial charge >= 0.3 is 0 Å². The minimum absolute atomic E-state index is 0.0239. The Hall–Kier alpha value is -2.20. The van der Waals surface area contributed by atoms with Crippen LogP contribution in [0.4, 0.5) is 5.69 Å². The second-order valence-corrected chi connectivity index (χ2v) is 6.53. The first kappa shape index (κ1) is 16.7. The Morgan fingerprint density at radius 3 is 2.58 bits per heavy atom. The molecule has 2 aromatic carbocycles. The zero-order chi connectivity index (χ0) is 17.0. The number of amides is 1. The van der Waals surface area contributed by atoms with Crippen LogP contribution in [0.15, 0.2) is 48.5 Å². The third-order valence-electron chi connectivity index (χ3n) is 4.47. The van der Waals surface area contributed by atoms with Gasteiger partial charge in [0, 0.05) is 17.6 Å². The van der Waals surface area contributed by atoms with Crippen molar-refractivity contribution in [1.82, 2.24) is 5.32 Å². The van der Waals surface area contributed by atoms with Crippen molar-refractivity contribution in [2.24, 2.45) is 0 Å². The molecule has 0 aromatic heterocycles. The fourth-order valence-corrected chi connectivity index (χ4v) is 3.06. The van der Waals surface area contributed by atoms with Crippen LogP contribution in [0, 0.1) is 0 Å². The van der Waals surface area contributed by atoms with Gasteiger partial charge in [0.25, 0.3) is 0 Å². The van der Waals surface area contributed by atoms with Crippen LogP contribution in [0.2, 0.25) is 5.02 Å². The van der Waals surface area contributed by atoms with Gasteiger partial charge in [-0.15, -0.1) is 0 Å². The van der Waals surface area contributed by atoms with Gasteiger partial charge in [-0.3, -0.25) is 4.79 Å². The third-order valence-corrected chi connectivity index (χ3v) is 4.76. The van der Waals surface area contributed by atoms with E-state index in [9.17, 15) is 4.79 Å². The smallest absolute Gasteiger partial charge is 0.239 e. The van der Waals surface area contributed by atoms with E-state index in [0.29, 0.717) is 17.3 Å². The molecule has 0 unspecified atom stereocenters. The highest BCUT2D eigenvalue weighted by molar-refractivity contribution is 6.32. The predicted molar refractivity (Wildman–Crippen MR) is 96.9 cm³/mol. The summed E-state index contributed by atoms with van der Waals surface area (Å²) < 4.78 is 5.11. The second kappa shape index (κ2) is 7.14. The molecule has 1 amide bonds. The molecule has 1 fully saturated rings. The number of benzene rings is 2.